The van der Waals surface area contributed by atoms with Crippen molar-refractivity contribution in [1.29, 1.82) is 0 Å². The van der Waals surface area contributed by atoms with E-state index in [1.54, 1.807) is 12.1 Å². The monoisotopic (exact) mass is 468 g/mol. The van der Waals surface area contributed by atoms with Crippen molar-refractivity contribution in [3.63, 3.8) is 0 Å². The number of hydrogen-bond donors (Lipinski definition) is 0. The molecule has 0 fully saturated rings. The molecule has 6 nitrogen and oxygen atoms in total. The average Bonchev–Trinajstić information content (AvgIpc) is 3.29. The Morgan fingerprint density at radius 1 is 0.743 bits per heavy atom. The van der Waals surface area contributed by atoms with Crippen LogP contribution in [0.15, 0.2) is 78.9 Å². The third kappa shape index (κ3) is 4.73. The van der Waals surface area contributed by atoms with Crippen molar-refractivity contribution in [2.75, 3.05) is 14.2 Å². The number of hydrogen-bond acceptors (Lipinski definition) is 5. The number of rotatable bonds is 5. The van der Waals surface area contributed by atoms with E-state index in [0.717, 1.165) is 11.1 Å². The van der Waals surface area contributed by atoms with E-state index >= 15 is 0 Å². The van der Waals surface area contributed by atoms with E-state index in [-0.39, 0.29) is 16.7 Å². The highest BCUT2D eigenvalue weighted by molar-refractivity contribution is 6.07. The van der Waals surface area contributed by atoms with Gasteiger partial charge in [-0.05, 0) is 40.3 Å². The minimum atomic E-state index is -0.679. The van der Waals surface area contributed by atoms with Gasteiger partial charge in [-0.3, -0.25) is 0 Å². The summed E-state index contributed by atoms with van der Waals surface area (Å²) in [6.07, 6.45) is 0. The molecule has 178 valence electrons. The van der Waals surface area contributed by atoms with Crippen molar-refractivity contribution in [3.8, 4) is 28.1 Å². The van der Waals surface area contributed by atoms with E-state index in [1.807, 2.05) is 42.5 Å². The summed E-state index contributed by atoms with van der Waals surface area (Å²) in [5.74, 6) is -1.34. The molecule has 0 spiro atoms. The number of ether oxygens (including phenoxy) is 2. The van der Waals surface area contributed by atoms with Crippen LogP contribution in [0.2, 0.25) is 0 Å². The van der Waals surface area contributed by atoms with Crippen LogP contribution in [-0.2, 0) is 14.9 Å². The van der Waals surface area contributed by atoms with E-state index in [9.17, 15) is 9.59 Å². The molecule has 0 saturated heterocycles. The molecule has 35 heavy (non-hydrogen) atoms. The third-order valence-electron chi connectivity index (χ3n) is 5.87. The van der Waals surface area contributed by atoms with Gasteiger partial charge in [0.2, 0.25) is 0 Å². The molecule has 1 heterocycles. The molecule has 0 aliphatic carbocycles. The van der Waals surface area contributed by atoms with Gasteiger partial charge in [-0.15, -0.1) is 0 Å². The van der Waals surface area contributed by atoms with E-state index in [4.69, 9.17) is 9.47 Å². The molecule has 0 atom stereocenters. The van der Waals surface area contributed by atoms with Gasteiger partial charge in [-0.2, -0.15) is 5.10 Å². The average molecular weight is 469 g/mol. The van der Waals surface area contributed by atoms with E-state index in [2.05, 4.69) is 50.1 Å². The predicted molar refractivity (Wildman–Crippen MR) is 136 cm³/mol. The first-order chi connectivity index (χ1) is 16.7. The largest absolute Gasteiger partial charge is 0.465 e. The van der Waals surface area contributed by atoms with Crippen molar-refractivity contribution in [1.82, 2.24) is 9.78 Å². The molecule has 4 rings (SSSR count). The normalized spacial score (nSPS) is 11.2. The van der Waals surface area contributed by atoms with Crippen molar-refractivity contribution >= 4 is 11.9 Å². The topological polar surface area (TPSA) is 70.4 Å². The van der Waals surface area contributed by atoms with Crippen LogP contribution in [0.3, 0.4) is 0 Å². The number of carbonyl (C=O) groups is 2. The second kappa shape index (κ2) is 9.58. The Morgan fingerprint density at radius 3 is 1.97 bits per heavy atom. The molecule has 0 saturated carbocycles. The van der Waals surface area contributed by atoms with Gasteiger partial charge in [0.1, 0.15) is 11.3 Å². The lowest BCUT2D eigenvalue weighted by Gasteiger charge is -2.19. The van der Waals surface area contributed by atoms with E-state index in [0.29, 0.717) is 16.9 Å². The number of para-hydroxylation sites is 1. The summed E-state index contributed by atoms with van der Waals surface area (Å²) in [4.78, 5) is 25.7. The molecule has 0 aliphatic rings. The molecular weight excluding hydrogens is 440 g/mol. The standard InChI is InChI=1S/C29H28N2O4/c1-29(2,3)22-16-14-19(15-17-22)20-10-9-11-21(18-20)25-24(27(32)34-4)26(28(33)35-5)31(30-25)23-12-7-6-8-13-23/h6-18H,1-5H3. The van der Waals surface area contributed by atoms with Gasteiger partial charge in [-0.1, -0.05) is 81.4 Å². The SMILES string of the molecule is COC(=O)c1c(-c2cccc(-c3ccc(C(C)(C)C)cc3)c2)nn(-c2ccccc2)c1C(=O)OC. The van der Waals surface area contributed by atoms with E-state index < -0.39 is 11.9 Å². The Kier molecular flexibility index (Phi) is 6.56. The van der Waals surface area contributed by atoms with Gasteiger partial charge in [0.25, 0.3) is 0 Å². The first kappa shape index (κ1) is 24.0. The zero-order chi connectivity index (χ0) is 25.2. The maximum absolute atomic E-state index is 12.9. The Labute approximate surface area is 205 Å². The molecule has 3 aromatic carbocycles. The highest BCUT2D eigenvalue weighted by Crippen LogP contribution is 2.32. The van der Waals surface area contributed by atoms with Crippen molar-refractivity contribution in [2.24, 2.45) is 0 Å². The molecule has 0 bridgehead atoms. The zero-order valence-electron chi connectivity index (χ0n) is 20.5. The fraction of sp³-hybridized carbons (Fsp3) is 0.207. The van der Waals surface area contributed by atoms with Gasteiger partial charge in [0.05, 0.1) is 19.9 Å². The van der Waals surface area contributed by atoms with Gasteiger partial charge >= 0.3 is 11.9 Å². The highest BCUT2D eigenvalue weighted by atomic mass is 16.5. The maximum Gasteiger partial charge on any atom is 0.357 e. The lowest BCUT2D eigenvalue weighted by atomic mass is 9.86. The fourth-order valence-electron chi connectivity index (χ4n) is 3.97. The van der Waals surface area contributed by atoms with Gasteiger partial charge in [0, 0.05) is 5.56 Å². The summed E-state index contributed by atoms with van der Waals surface area (Å²) in [6.45, 7) is 6.54. The Balaban J connectivity index is 1.89. The molecule has 0 amide bonds. The summed E-state index contributed by atoms with van der Waals surface area (Å²) in [5, 5.41) is 4.68. The second-order valence-electron chi connectivity index (χ2n) is 9.21. The van der Waals surface area contributed by atoms with Crippen molar-refractivity contribution in [3.05, 3.63) is 95.7 Å². The summed E-state index contributed by atoms with van der Waals surface area (Å²) in [7, 11) is 2.55. The molecule has 4 aromatic rings. The van der Waals surface area contributed by atoms with Crippen LogP contribution < -0.4 is 0 Å². The number of nitrogens with zero attached hydrogens (tertiary/aromatic N) is 2. The van der Waals surface area contributed by atoms with Gasteiger partial charge in [-0.25, -0.2) is 14.3 Å². The molecule has 6 heteroatoms. The Morgan fingerprint density at radius 2 is 1.37 bits per heavy atom. The lowest BCUT2D eigenvalue weighted by molar-refractivity contribution is 0.0549. The van der Waals surface area contributed by atoms with Gasteiger partial charge in [0.15, 0.2) is 5.69 Å². The minimum Gasteiger partial charge on any atom is -0.465 e. The first-order valence-corrected chi connectivity index (χ1v) is 11.3. The molecule has 0 aliphatic heterocycles. The van der Waals surface area contributed by atoms with E-state index in [1.165, 1.54) is 24.5 Å². The Hall–Kier alpha value is -4.19. The van der Waals surface area contributed by atoms with Crippen LogP contribution in [-0.4, -0.2) is 35.9 Å². The Bertz CT molecular complexity index is 1360. The molecule has 0 unspecified atom stereocenters. The van der Waals surface area contributed by atoms with Crippen LogP contribution >= 0.6 is 0 Å². The van der Waals surface area contributed by atoms with Crippen LogP contribution in [0, 0.1) is 0 Å². The summed E-state index contributed by atoms with van der Waals surface area (Å²) >= 11 is 0. The number of aromatic nitrogens is 2. The maximum atomic E-state index is 12.9. The van der Waals surface area contributed by atoms with Crippen LogP contribution in [0.1, 0.15) is 47.2 Å². The quantitative estimate of drug-likeness (QED) is 0.332. The molecule has 0 radical (unpaired) electrons. The molecular formula is C29H28N2O4. The lowest BCUT2D eigenvalue weighted by Crippen LogP contribution is -2.15. The second-order valence-corrected chi connectivity index (χ2v) is 9.21. The number of methoxy groups -OCH3 is 2. The summed E-state index contributed by atoms with van der Waals surface area (Å²) in [6, 6.07) is 25.3. The van der Waals surface area contributed by atoms with Crippen LogP contribution in [0.5, 0.6) is 0 Å². The van der Waals surface area contributed by atoms with Crippen LogP contribution in [0.25, 0.3) is 28.1 Å². The molecule has 0 N–H and O–H groups in total. The highest BCUT2D eigenvalue weighted by Gasteiger charge is 2.31. The third-order valence-corrected chi connectivity index (χ3v) is 5.87. The van der Waals surface area contributed by atoms with Crippen molar-refractivity contribution < 1.29 is 19.1 Å². The van der Waals surface area contributed by atoms with Gasteiger partial charge < -0.3 is 9.47 Å². The zero-order valence-corrected chi connectivity index (χ0v) is 20.5. The summed E-state index contributed by atoms with van der Waals surface area (Å²) < 4.78 is 11.5. The fourth-order valence-corrected chi connectivity index (χ4v) is 3.97. The molecule has 1 aromatic heterocycles. The predicted octanol–water partition coefficient (Wildman–Crippen LogP) is 6.08. The smallest absolute Gasteiger partial charge is 0.357 e. The summed E-state index contributed by atoms with van der Waals surface area (Å²) in [5.41, 5.74) is 5.03. The number of carbonyl (C=O) groups excluding carboxylic acids is 2. The van der Waals surface area contributed by atoms with Crippen molar-refractivity contribution in [2.45, 2.75) is 26.2 Å². The minimum absolute atomic E-state index is 0.0143. The number of benzene rings is 3. The first-order valence-electron chi connectivity index (χ1n) is 11.3. The van der Waals surface area contributed by atoms with Crippen LogP contribution in [0.4, 0.5) is 0 Å². The number of esters is 2.